The zero-order valence-corrected chi connectivity index (χ0v) is 14.9. The summed E-state index contributed by atoms with van der Waals surface area (Å²) in [6.07, 6.45) is 2.33. The van der Waals surface area contributed by atoms with Gasteiger partial charge < -0.3 is 5.32 Å². The predicted molar refractivity (Wildman–Crippen MR) is 93.8 cm³/mol. The Morgan fingerprint density at radius 1 is 1.05 bits per heavy atom. The largest absolute Gasteiger partial charge is 0.309 e. The van der Waals surface area contributed by atoms with Crippen LogP contribution in [0.4, 0.5) is 0 Å². The van der Waals surface area contributed by atoms with E-state index in [1.807, 2.05) is 0 Å². The minimum absolute atomic E-state index is 0.188. The summed E-state index contributed by atoms with van der Waals surface area (Å²) in [5, 5.41) is 3.78. The van der Waals surface area contributed by atoms with E-state index < -0.39 is 0 Å². The molecule has 2 nitrogen and oxygen atoms in total. The Morgan fingerprint density at radius 2 is 1.67 bits per heavy atom. The molecule has 0 spiro atoms. The van der Waals surface area contributed by atoms with Crippen molar-refractivity contribution in [1.29, 1.82) is 0 Å². The highest BCUT2D eigenvalue weighted by atomic mass is 15.2. The highest BCUT2D eigenvalue weighted by Crippen LogP contribution is 2.37. The first kappa shape index (κ1) is 18.2. The van der Waals surface area contributed by atoms with E-state index >= 15 is 0 Å². The van der Waals surface area contributed by atoms with Gasteiger partial charge >= 0.3 is 0 Å². The van der Waals surface area contributed by atoms with Crippen LogP contribution in [0.5, 0.6) is 0 Å². The quantitative estimate of drug-likeness (QED) is 0.718. The molecule has 120 valence electrons. The van der Waals surface area contributed by atoms with Gasteiger partial charge in [-0.3, -0.25) is 4.90 Å². The molecule has 0 amide bonds. The molecule has 1 atom stereocenters. The summed E-state index contributed by atoms with van der Waals surface area (Å²) in [5.74, 6) is 0. The van der Waals surface area contributed by atoms with Crippen LogP contribution in [-0.2, 0) is 0 Å². The van der Waals surface area contributed by atoms with E-state index in [9.17, 15) is 0 Å². The van der Waals surface area contributed by atoms with Crippen molar-refractivity contribution in [2.45, 2.75) is 66.0 Å². The van der Waals surface area contributed by atoms with Crippen LogP contribution < -0.4 is 5.32 Å². The maximum atomic E-state index is 3.78. The summed E-state index contributed by atoms with van der Waals surface area (Å²) in [6.45, 7) is 16.8. The average Bonchev–Trinajstić information content (AvgIpc) is 2.51. The van der Waals surface area contributed by atoms with E-state index in [-0.39, 0.29) is 5.54 Å². The van der Waals surface area contributed by atoms with Gasteiger partial charge in [0, 0.05) is 5.54 Å². The molecule has 1 rings (SSSR count). The molecule has 0 saturated heterocycles. The number of nitrogens with one attached hydrogen (secondary N) is 1. The Morgan fingerprint density at radius 3 is 2.10 bits per heavy atom. The molecule has 0 aliphatic heterocycles. The van der Waals surface area contributed by atoms with E-state index in [2.05, 4.69) is 76.0 Å². The third-order valence-corrected chi connectivity index (χ3v) is 4.94. The van der Waals surface area contributed by atoms with Gasteiger partial charge in [-0.15, -0.1) is 0 Å². The number of nitrogens with zero attached hydrogens (tertiary/aromatic N) is 1. The summed E-state index contributed by atoms with van der Waals surface area (Å²) >= 11 is 0. The Hall–Kier alpha value is -0.860. The van der Waals surface area contributed by atoms with Crippen molar-refractivity contribution in [2.75, 3.05) is 19.6 Å². The van der Waals surface area contributed by atoms with Crippen molar-refractivity contribution in [3.8, 4) is 0 Å². The normalized spacial score (nSPS) is 13.7. The van der Waals surface area contributed by atoms with Crippen LogP contribution in [0, 0.1) is 6.92 Å². The Labute approximate surface area is 131 Å². The van der Waals surface area contributed by atoms with Crippen molar-refractivity contribution >= 4 is 0 Å². The van der Waals surface area contributed by atoms with Crippen molar-refractivity contribution in [2.24, 2.45) is 0 Å². The second-order valence-electron chi connectivity index (χ2n) is 5.89. The van der Waals surface area contributed by atoms with E-state index in [1.54, 1.807) is 0 Å². The molecule has 0 aliphatic rings. The molecule has 1 aromatic carbocycles. The van der Waals surface area contributed by atoms with Crippen LogP contribution in [0.15, 0.2) is 24.3 Å². The summed E-state index contributed by atoms with van der Waals surface area (Å²) in [6, 6.07) is 9.38. The molecule has 0 saturated carbocycles. The minimum Gasteiger partial charge on any atom is -0.309 e. The molecule has 0 fully saturated rings. The molecule has 0 aromatic heterocycles. The van der Waals surface area contributed by atoms with Gasteiger partial charge in [0.25, 0.3) is 0 Å². The molecule has 2 heteroatoms. The molecule has 0 aliphatic carbocycles. The lowest BCUT2D eigenvalue weighted by atomic mass is 9.78. The third-order valence-electron chi connectivity index (χ3n) is 4.94. The highest BCUT2D eigenvalue weighted by molar-refractivity contribution is 5.28. The van der Waals surface area contributed by atoms with Crippen LogP contribution in [0.2, 0.25) is 0 Å². The first-order chi connectivity index (χ1) is 10.1. The summed E-state index contributed by atoms with van der Waals surface area (Å²) in [4.78, 5) is 2.64. The van der Waals surface area contributed by atoms with Crippen molar-refractivity contribution in [1.82, 2.24) is 10.2 Å². The number of hydrogen-bond donors (Lipinski definition) is 1. The van der Waals surface area contributed by atoms with Crippen molar-refractivity contribution in [3.05, 3.63) is 35.4 Å². The van der Waals surface area contributed by atoms with E-state index in [0.29, 0.717) is 6.04 Å². The maximum Gasteiger partial charge on any atom is 0.0507 e. The van der Waals surface area contributed by atoms with Gasteiger partial charge in [0.05, 0.1) is 6.04 Å². The Bertz CT molecular complexity index is 406. The monoisotopic (exact) mass is 290 g/mol. The van der Waals surface area contributed by atoms with Gasteiger partial charge in [-0.2, -0.15) is 0 Å². The fraction of sp³-hybridized carbons (Fsp3) is 0.684. The molecule has 1 aromatic rings. The number of benzene rings is 1. The molecular weight excluding hydrogens is 256 g/mol. The number of hydrogen-bond acceptors (Lipinski definition) is 2. The van der Waals surface area contributed by atoms with Crippen LogP contribution in [0.1, 0.15) is 64.6 Å². The second kappa shape index (κ2) is 8.55. The minimum atomic E-state index is 0.188. The van der Waals surface area contributed by atoms with Gasteiger partial charge in [0.1, 0.15) is 0 Å². The van der Waals surface area contributed by atoms with Crippen LogP contribution in [0.25, 0.3) is 0 Å². The number of likely N-dealkylation sites (N-methyl/N-ethyl adjacent to an activating group) is 2. The van der Waals surface area contributed by atoms with Crippen molar-refractivity contribution in [3.63, 3.8) is 0 Å². The molecule has 0 bridgehead atoms. The summed E-state index contributed by atoms with van der Waals surface area (Å²) in [5.41, 5.74) is 2.95. The SMILES string of the molecule is CCNC(c1cccc(C)c1)C(CC)(CC)N(CC)CC. The van der Waals surface area contributed by atoms with Crippen molar-refractivity contribution < 1.29 is 0 Å². The Kier molecular flexibility index (Phi) is 7.41. The zero-order chi connectivity index (χ0) is 15.9. The standard InChI is InChI=1S/C19H34N2/c1-7-19(8-2,21(10-4)11-5)18(20-9-3)17-14-12-13-16(6)15-17/h12-15,18,20H,7-11H2,1-6H3. The third kappa shape index (κ3) is 3.87. The summed E-state index contributed by atoms with van der Waals surface area (Å²) < 4.78 is 0. The fourth-order valence-corrected chi connectivity index (χ4v) is 3.81. The average molecular weight is 290 g/mol. The second-order valence-corrected chi connectivity index (χ2v) is 5.89. The number of aryl methyl sites for hydroxylation is 1. The zero-order valence-electron chi connectivity index (χ0n) is 14.9. The van der Waals surface area contributed by atoms with E-state index in [4.69, 9.17) is 0 Å². The highest BCUT2D eigenvalue weighted by Gasteiger charge is 2.40. The van der Waals surface area contributed by atoms with Gasteiger partial charge in [0.15, 0.2) is 0 Å². The van der Waals surface area contributed by atoms with Gasteiger partial charge in [-0.25, -0.2) is 0 Å². The lowest BCUT2D eigenvalue weighted by molar-refractivity contribution is 0.0493. The topological polar surface area (TPSA) is 15.3 Å². The number of rotatable bonds is 9. The van der Waals surface area contributed by atoms with E-state index in [0.717, 1.165) is 32.5 Å². The molecule has 0 radical (unpaired) electrons. The molecular formula is C19H34N2. The predicted octanol–water partition coefficient (Wildman–Crippen LogP) is 4.55. The lowest BCUT2D eigenvalue weighted by Crippen LogP contribution is -2.56. The lowest BCUT2D eigenvalue weighted by Gasteiger charge is -2.48. The van der Waals surface area contributed by atoms with Gasteiger partial charge in [-0.05, 0) is 45.0 Å². The smallest absolute Gasteiger partial charge is 0.0507 e. The van der Waals surface area contributed by atoms with Crippen LogP contribution >= 0.6 is 0 Å². The first-order valence-corrected chi connectivity index (χ1v) is 8.64. The van der Waals surface area contributed by atoms with Crippen LogP contribution in [0.3, 0.4) is 0 Å². The first-order valence-electron chi connectivity index (χ1n) is 8.64. The van der Waals surface area contributed by atoms with Gasteiger partial charge in [-0.1, -0.05) is 64.4 Å². The Balaban J connectivity index is 3.32. The van der Waals surface area contributed by atoms with E-state index in [1.165, 1.54) is 11.1 Å². The molecule has 1 unspecified atom stereocenters. The van der Waals surface area contributed by atoms with Crippen LogP contribution in [-0.4, -0.2) is 30.1 Å². The summed E-state index contributed by atoms with van der Waals surface area (Å²) in [7, 11) is 0. The maximum absolute atomic E-state index is 3.78. The molecule has 1 N–H and O–H groups in total. The van der Waals surface area contributed by atoms with Gasteiger partial charge in [0.2, 0.25) is 0 Å². The molecule has 21 heavy (non-hydrogen) atoms. The fourth-order valence-electron chi connectivity index (χ4n) is 3.81. The molecule has 0 heterocycles.